The van der Waals surface area contributed by atoms with Gasteiger partial charge < -0.3 is 26.0 Å². The van der Waals surface area contributed by atoms with Gasteiger partial charge in [-0.1, -0.05) is 48.5 Å². The minimum atomic E-state index is -0.828. The number of hydrogen-bond acceptors (Lipinski definition) is 5. The number of amides is 2. The van der Waals surface area contributed by atoms with Gasteiger partial charge in [0.15, 0.2) is 0 Å². The molecule has 0 spiro atoms. The smallest absolute Gasteiger partial charge is 0.251 e. The summed E-state index contributed by atoms with van der Waals surface area (Å²) in [5.41, 5.74) is 3.87. The van der Waals surface area contributed by atoms with E-state index in [0.29, 0.717) is 37.2 Å². The van der Waals surface area contributed by atoms with E-state index in [-0.39, 0.29) is 18.4 Å². The number of nitrogens with one attached hydrogen (secondary N) is 3. The lowest BCUT2D eigenvalue weighted by Gasteiger charge is -2.26. The second kappa shape index (κ2) is 12.2. The van der Waals surface area contributed by atoms with Crippen LogP contribution in [0.2, 0.25) is 0 Å². The van der Waals surface area contributed by atoms with Crippen molar-refractivity contribution in [1.29, 1.82) is 0 Å². The van der Waals surface area contributed by atoms with Crippen LogP contribution in [0.15, 0.2) is 78.9 Å². The van der Waals surface area contributed by atoms with Crippen LogP contribution in [0.3, 0.4) is 0 Å². The van der Waals surface area contributed by atoms with Crippen molar-refractivity contribution in [3.8, 4) is 0 Å². The number of benzene rings is 3. The van der Waals surface area contributed by atoms with Crippen LogP contribution in [0.25, 0.3) is 0 Å². The van der Waals surface area contributed by atoms with Crippen molar-refractivity contribution >= 4 is 28.9 Å². The average molecular weight is 487 g/mol. The molecule has 4 rings (SSSR count). The van der Waals surface area contributed by atoms with E-state index >= 15 is 0 Å². The van der Waals surface area contributed by atoms with Gasteiger partial charge in [0.25, 0.3) is 5.91 Å². The number of carbonyl (C=O) groups excluding carboxylic acids is 2. The third kappa shape index (κ3) is 6.64. The topological polar surface area (TPSA) is 93.7 Å². The molecule has 0 aromatic heterocycles. The van der Waals surface area contributed by atoms with Gasteiger partial charge in [0, 0.05) is 48.7 Å². The van der Waals surface area contributed by atoms with E-state index < -0.39 is 12.1 Å². The zero-order valence-corrected chi connectivity index (χ0v) is 20.6. The van der Waals surface area contributed by atoms with Crippen LogP contribution < -0.4 is 20.9 Å². The van der Waals surface area contributed by atoms with Gasteiger partial charge in [0.1, 0.15) is 0 Å². The van der Waals surface area contributed by atoms with Crippen LogP contribution >= 0.6 is 0 Å². The lowest BCUT2D eigenvalue weighted by molar-refractivity contribution is -0.117. The van der Waals surface area contributed by atoms with Crippen LogP contribution in [-0.2, 0) is 11.2 Å². The fraction of sp³-hybridized carbons (Fsp3) is 0.310. The van der Waals surface area contributed by atoms with Gasteiger partial charge >= 0.3 is 0 Å². The Balaban J connectivity index is 1.54. The Labute approximate surface area is 212 Å². The molecule has 2 atom stereocenters. The molecule has 0 aliphatic carbocycles. The van der Waals surface area contributed by atoms with Gasteiger partial charge in [-0.2, -0.15) is 0 Å². The van der Waals surface area contributed by atoms with Crippen molar-refractivity contribution in [2.45, 2.75) is 38.3 Å². The summed E-state index contributed by atoms with van der Waals surface area (Å²) in [5.74, 6) is -0.221. The van der Waals surface area contributed by atoms with E-state index in [4.69, 9.17) is 0 Å². The van der Waals surface area contributed by atoms with E-state index in [9.17, 15) is 14.7 Å². The number of nitrogens with zero attached hydrogens (tertiary/aromatic N) is 1. The summed E-state index contributed by atoms with van der Waals surface area (Å²) in [6.45, 7) is 3.61. The van der Waals surface area contributed by atoms with Crippen LogP contribution in [0.1, 0.15) is 35.7 Å². The predicted octanol–water partition coefficient (Wildman–Crippen LogP) is 4.06. The van der Waals surface area contributed by atoms with Crippen LogP contribution in [0.5, 0.6) is 0 Å². The van der Waals surface area contributed by atoms with Gasteiger partial charge in [0.2, 0.25) is 5.91 Å². The molecule has 3 aromatic rings. The van der Waals surface area contributed by atoms with Crippen molar-refractivity contribution in [2.24, 2.45) is 0 Å². The van der Waals surface area contributed by atoms with Crippen molar-refractivity contribution in [3.63, 3.8) is 0 Å². The van der Waals surface area contributed by atoms with Crippen molar-refractivity contribution < 1.29 is 14.7 Å². The Kier molecular flexibility index (Phi) is 8.57. The van der Waals surface area contributed by atoms with E-state index in [0.717, 1.165) is 23.4 Å². The first-order valence-corrected chi connectivity index (χ1v) is 12.5. The van der Waals surface area contributed by atoms with Crippen molar-refractivity contribution in [1.82, 2.24) is 5.32 Å². The van der Waals surface area contributed by atoms with Crippen LogP contribution in [0.4, 0.5) is 17.1 Å². The summed E-state index contributed by atoms with van der Waals surface area (Å²) >= 11 is 0. The molecule has 0 bridgehead atoms. The molecule has 1 fully saturated rings. The number of para-hydroxylation sites is 1. The van der Waals surface area contributed by atoms with E-state index in [1.165, 1.54) is 0 Å². The molecule has 36 heavy (non-hydrogen) atoms. The molecule has 7 nitrogen and oxygen atoms in total. The standard InChI is InChI=1S/C29H34N4O3/c1-2-30-24-17-22(18-25(19-24)33-15-9-14-28(33)35)29(36)32-26(16-21-10-5-3-6-11-21)27(34)20-31-23-12-7-4-8-13-23/h3-8,10-13,17-19,26-27,30-31,34H,2,9,14-16,20H2,1H3,(H,32,36)/t26-,27-/m0/s1. The van der Waals surface area contributed by atoms with E-state index in [1.54, 1.807) is 17.0 Å². The first-order chi connectivity index (χ1) is 17.5. The maximum atomic E-state index is 13.5. The highest BCUT2D eigenvalue weighted by molar-refractivity contribution is 6.00. The maximum Gasteiger partial charge on any atom is 0.251 e. The SMILES string of the molecule is CCNc1cc(C(=O)N[C@@H](Cc2ccccc2)[C@@H](O)CNc2ccccc2)cc(N2CCCC2=O)c1. The van der Waals surface area contributed by atoms with E-state index in [1.807, 2.05) is 73.7 Å². The minimum absolute atomic E-state index is 0.0689. The number of aliphatic hydroxyl groups is 1. The van der Waals surface area contributed by atoms with Gasteiger partial charge in [-0.05, 0) is 55.7 Å². The highest BCUT2D eigenvalue weighted by Crippen LogP contribution is 2.27. The Morgan fingerprint density at radius 1 is 0.972 bits per heavy atom. The highest BCUT2D eigenvalue weighted by Gasteiger charge is 2.25. The zero-order valence-electron chi connectivity index (χ0n) is 20.6. The van der Waals surface area contributed by atoms with Gasteiger partial charge in [0.05, 0.1) is 12.1 Å². The summed E-state index contributed by atoms with van der Waals surface area (Å²) in [6, 6.07) is 24.4. The van der Waals surface area contributed by atoms with E-state index in [2.05, 4.69) is 16.0 Å². The molecule has 188 valence electrons. The van der Waals surface area contributed by atoms with Gasteiger partial charge in [-0.15, -0.1) is 0 Å². The van der Waals surface area contributed by atoms with Crippen molar-refractivity contribution in [3.05, 3.63) is 90.0 Å². The number of rotatable bonds is 11. The lowest BCUT2D eigenvalue weighted by atomic mass is 10.00. The molecule has 1 heterocycles. The zero-order chi connectivity index (χ0) is 25.3. The molecule has 0 radical (unpaired) electrons. The summed E-state index contributed by atoms with van der Waals surface area (Å²) in [6.07, 6.45) is 0.985. The molecular formula is C29H34N4O3. The average Bonchev–Trinajstić information content (AvgIpc) is 3.34. The highest BCUT2D eigenvalue weighted by atomic mass is 16.3. The Morgan fingerprint density at radius 3 is 2.36 bits per heavy atom. The first-order valence-electron chi connectivity index (χ1n) is 12.5. The quantitative estimate of drug-likeness (QED) is 0.328. The molecule has 3 aromatic carbocycles. The monoisotopic (exact) mass is 486 g/mol. The summed E-state index contributed by atoms with van der Waals surface area (Å²) < 4.78 is 0. The fourth-order valence-corrected chi connectivity index (χ4v) is 4.45. The number of anilines is 3. The Bertz CT molecular complexity index is 1150. The largest absolute Gasteiger partial charge is 0.389 e. The maximum absolute atomic E-state index is 13.5. The summed E-state index contributed by atoms with van der Waals surface area (Å²) in [5, 5.41) is 20.6. The Hall–Kier alpha value is -3.84. The molecule has 1 aliphatic heterocycles. The fourth-order valence-electron chi connectivity index (χ4n) is 4.45. The molecule has 2 amide bonds. The third-order valence-electron chi connectivity index (χ3n) is 6.31. The summed E-state index contributed by atoms with van der Waals surface area (Å²) in [7, 11) is 0. The normalized spacial score (nSPS) is 14.8. The van der Waals surface area contributed by atoms with Gasteiger partial charge in [-0.3, -0.25) is 9.59 Å². The first kappa shape index (κ1) is 25.3. The van der Waals surface area contributed by atoms with Crippen molar-refractivity contribution in [2.75, 3.05) is 35.2 Å². The second-order valence-electron chi connectivity index (χ2n) is 9.03. The molecule has 7 heteroatoms. The molecule has 1 aliphatic rings. The predicted molar refractivity (Wildman–Crippen MR) is 145 cm³/mol. The minimum Gasteiger partial charge on any atom is -0.389 e. The molecule has 0 saturated carbocycles. The number of hydrogen-bond donors (Lipinski definition) is 4. The second-order valence-corrected chi connectivity index (χ2v) is 9.03. The lowest BCUT2D eigenvalue weighted by Crippen LogP contribution is -2.47. The van der Waals surface area contributed by atoms with Crippen LogP contribution in [0, 0.1) is 0 Å². The number of carbonyl (C=O) groups is 2. The molecule has 0 unspecified atom stereocenters. The molecule has 4 N–H and O–H groups in total. The summed E-state index contributed by atoms with van der Waals surface area (Å²) in [4.78, 5) is 27.5. The third-order valence-corrected chi connectivity index (χ3v) is 6.31. The van der Waals surface area contributed by atoms with Crippen LogP contribution in [-0.4, -0.2) is 48.7 Å². The van der Waals surface area contributed by atoms with Gasteiger partial charge in [-0.25, -0.2) is 0 Å². The molecular weight excluding hydrogens is 452 g/mol. The molecule has 1 saturated heterocycles. The number of aliphatic hydroxyl groups excluding tert-OH is 1. The Morgan fingerprint density at radius 2 is 1.69 bits per heavy atom.